The molecule has 1 aliphatic rings. The number of rotatable bonds is 1. The second-order valence-corrected chi connectivity index (χ2v) is 4.31. The van der Waals surface area contributed by atoms with Gasteiger partial charge in [-0.15, -0.1) is 0 Å². The predicted octanol–water partition coefficient (Wildman–Crippen LogP) is 2.61. The van der Waals surface area contributed by atoms with Crippen LogP contribution in [0, 0.1) is 17.6 Å². The summed E-state index contributed by atoms with van der Waals surface area (Å²) < 4.78 is 2.95. The van der Waals surface area contributed by atoms with Gasteiger partial charge in [-0.05, 0) is 37.9 Å². The third kappa shape index (κ3) is 1.43. The van der Waals surface area contributed by atoms with Crippen LogP contribution in [0.25, 0.3) is 0 Å². The van der Waals surface area contributed by atoms with Crippen LogP contribution in [0.3, 0.4) is 0 Å². The quantitative estimate of drug-likeness (QED) is 0.702. The Morgan fingerprint density at radius 2 is 2.31 bits per heavy atom. The van der Waals surface area contributed by atoms with Crippen molar-refractivity contribution in [1.29, 1.82) is 0 Å². The first kappa shape index (κ1) is 8.94. The number of hydrogen-bond donors (Lipinski definition) is 1. The van der Waals surface area contributed by atoms with Crippen molar-refractivity contribution in [1.82, 2.24) is 14.8 Å². The molecule has 1 fully saturated rings. The lowest BCUT2D eigenvalue weighted by Gasteiger charge is -2.17. The SMILES string of the molecule is Cc1n[nH]c(=S)n1C1CCCC1C. The molecule has 0 aliphatic heterocycles. The van der Waals surface area contributed by atoms with E-state index in [1.54, 1.807) is 0 Å². The molecule has 2 atom stereocenters. The highest BCUT2D eigenvalue weighted by Crippen LogP contribution is 2.35. The maximum Gasteiger partial charge on any atom is 0.195 e. The Hall–Kier alpha value is -0.640. The van der Waals surface area contributed by atoms with E-state index >= 15 is 0 Å². The van der Waals surface area contributed by atoms with Crippen molar-refractivity contribution < 1.29 is 0 Å². The van der Waals surface area contributed by atoms with Crippen LogP contribution in [0.15, 0.2) is 0 Å². The summed E-state index contributed by atoms with van der Waals surface area (Å²) in [5.74, 6) is 1.76. The largest absolute Gasteiger partial charge is 0.301 e. The Labute approximate surface area is 83.2 Å². The lowest BCUT2D eigenvalue weighted by Crippen LogP contribution is -2.13. The molecule has 2 rings (SSSR count). The molecule has 1 aromatic rings. The summed E-state index contributed by atoms with van der Waals surface area (Å²) in [6.45, 7) is 4.31. The zero-order valence-corrected chi connectivity index (χ0v) is 8.90. The molecule has 0 bridgehead atoms. The molecular weight excluding hydrogens is 182 g/mol. The van der Waals surface area contributed by atoms with E-state index in [4.69, 9.17) is 12.2 Å². The van der Waals surface area contributed by atoms with Crippen molar-refractivity contribution in [2.45, 2.75) is 39.2 Å². The fourth-order valence-electron chi connectivity index (χ4n) is 2.28. The number of hydrogen-bond acceptors (Lipinski definition) is 2. The molecule has 1 aromatic heterocycles. The minimum absolute atomic E-state index is 0.575. The lowest BCUT2D eigenvalue weighted by atomic mass is 10.1. The first-order valence-electron chi connectivity index (χ1n) is 4.83. The average Bonchev–Trinajstić information content (AvgIpc) is 2.60. The van der Waals surface area contributed by atoms with Gasteiger partial charge in [-0.25, -0.2) is 0 Å². The molecule has 1 aliphatic carbocycles. The number of aromatic amines is 1. The monoisotopic (exact) mass is 197 g/mol. The topological polar surface area (TPSA) is 33.6 Å². The molecule has 0 aromatic carbocycles. The Balaban J connectivity index is 2.39. The van der Waals surface area contributed by atoms with E-state index < -0.39 is 0 Å². The Bertz CT molecular complexity index is 352. The number of nitrogens with one attached hydrogen (secondary N) is 1. The smallest absolute Gasteiger partial charge is 0.195 e. The van der Waals surface area contributed by atoms with E-state index in [0.29, 0.717) is 6.04 Å². The number of nitrogens with zero attached hydrogens (tertiary/aromatic N) is 2. The van der Waals surface area contributed by atoms with Crippen LogP contribution in [0.2, 0.25) is 0 Å². The highest BCUT2D eigenvalue weighted by Gasteiger charge is 2.26. The Morgan fingerprint density at radius 1 is 1.54 bits per heavy atom. The van der Waals surface area contributed by atoms with Crippen molar-refractivity contribution in [2.24, 2.45) is 5.92 Å². The van der Waals surface area contributed by atoms with Crippen LogP contribution in [0.5, 0.6) is 0 Å². The van der Waals surface area contributed by atoms with Crippen LogP contribution in [0.4, 0.5) is 0 Å². The summed E-state index contributed by atoms with van der Waals surface area (Å²) in [5.41, 5.74) is 0. The molecule has 13 heavy (non-hydrogen) atoms. The first-order valence-corrected chi connectivity index (χ1v) is 5.24. The van der Waals surface area contributed by atoms with Crippen LogP contribution in [-0.2, 0) is 0 Å². The predicted molar refractivity (Wildman–Crippen MR) is 54.2 cm³/mol. The van der Waals surface area contributed by atoms with Gasteiger partial charge in [0.1, 0.15) is 5.82 Å². The van der Waals surface area contributed by atoms with E-state index in [-0.39, 0.29) is 0 Å². The highest BCUT2D eigenvalue weighted by molar-refractivity contribution is 7.71. The van der Waals surface area contributed by atoms with Gasteiger partial charge in [0.25, 0.3) is 0 Å². The molecule has 2 unspecified atom stereocenters. The summed E-state index contributed by atoms with van der Waals surface area (Å²) in [7, 11) is 0. The van der Waals surface area contributed by atoms with Gasteiger partial charge >= 0.3 is 0 Å². The molecule has 0 amide bonds. The molecule has 72 valence electrons. The normalized spacial score (nSPS) is 28.2. The summed E-state index contributed by atoms with van der Waals surface area (Å²) in [6.07, 6.45) is 3.88. The molecule has 0 saturated heterocycles. The molecular formula is C9H15N3S. The van der Waals surface area contributed by atoms with Crippen molar-refractivity contribution >= 4 is 12.2 Å². The number of aromatic nitrogens is 3. The van der Waals surface area contributed by atoms with Gasteiger partial charge in [0, 0.05) is 6.04 Å². The summed E-state index contributed by atoms with van der Waals surface area (Å²) in [6, 6.07) is 0.575. The van der Waals surface area contributed by atoms with E-state index in [2.05, 4.69) is 21.7 Å². The van der Waals surface area contributed by atoms with E-state index in [0.717, 1.165) is 16.5 Å². The van der Waals surface area contributed by atoms with Crippen LogP contribution < -0.4 is 0 Å². The standard InChI is InChI=1S/C9H15N3S/c1-6-4-3-5-8(6)12-7(2)10-11-9(12)13/h6,8H,3-5H2,1-2H3,(H,11,13). The fraction of sp³-hybridized carbons (Fsp3) is 0.778. The molecule has 0 spiro atoms. The molecule has 1 heterocycles. The Kier molecular flexibility index (Phi) is 2.24. The summed E-state index contributed by atoms with van der Waals surface area (Å²) >= 11 is 5.21. The van der Waals surface area contributed by atoms with E-state index in [1.807, 2.05) is 6.92 Å². The van der Waals surface area contributed by atoms with Gasteiger partial charge in [-0.3, -0.25) is 5.10 Å². The van der Waals surface area contributed by atoms with Crippen molar-refractivity contribution in [3.05, 3.63) is 10.6 Å². The second-order valence-electron chi connectivity index (χ2n) is 3.92. The first-order chi connectivity index (χ1) is 6.20. The molecule has 0 radical (unpaired) electrons. The van der Waals surface area contributed by atoms with E-state index in [1.165, 1.54) is 19.3 Å². The summed E-state index contributed by atoms with van der Waals surface area (Å²) in [4.78, 5) is 0. The van der Waals surface area contributed by atoms with Crippen LogP contribution in [-0.4, -0.2) is 14.8 Å². The van der Waals surface area contributed by atoms with Gasteiger partial charge in [0.05, 0.1) is 0 Å². The van der Waals surface area contributed by atoms with Gasteiger partial charge in [-0.1, -0.05) is 13.3 Å². The maximum absolute atomic E-state index is 5.21. The molecule has 4 heteroatoms. The maximum atomic E-state index is 5.21. The van der Waals surface area contributed by atoms with Gasteiger partial charge in [0.15, 0.2) is 4.77 Å². The second kappa shape index (κ2) is 3.25. The third-order valence-electron chi connectivity index (χ3n) is 3.03. The third-order valence-corrected chi connectivity index (χ3v) is 3.32. The van der Waals surface area contributed by atoms with Crippen LogP contribution in [0.1, 0.15) is 38.1 Å². The van der Waals surface area contributed by atoms with E-state index in [9.17, 15) is 0 Å². The van der Waals surface area contributed by atoms with Crippen molar-refractivity contribution in [3.8, 4) is 0 Å². The minimum atomic E-state index is 0.575. The number of aryl methyl sites for hydroxylation is 1. The van der Waals surface area contributed by atoms with Gasteiger partial charge in [-0.2, -0.15) is 5.10 Å². The van der Waals surface area contributed by atoms with Crippen LogP contribution >= 0.6 is 12.2 Å². The molecule has 1 N–H and O–H groups in total. The highest BCUT2D eigenvalue weighted by atomic mass is 32.1. The zero-order valence-electron chi connectivity index (χ0n) is 8.08. The van der Waals surface area contributed by atoms with Crippen molar-refractivity contribution in [2.75, 3.05) is 0 Å². The number of H-pyrrole nitrogens is 1. The molecule has 1 saturated carbocycles. The molecule has 3 nitrogen and oxygen atoms in total. The van der Waals surface area contributed by atoms with Crippen molar-refractivity contribution in [3.63, 3.8) is 0 Å². The zero-order chi connectivity index (χ0) is 9.42. The fourth-order valence-corrected chi connectivity index (χ4v) is 2.60. The van der Waals surface area contributed by atoms with Gasteiger partial charge < -0.3 is 4.57 Å². The lowest BCUT2D eigenvalue weighted by molar-refractivity contribution is 0.396. The van der Waals surface area contributed by atoms with Gasteiger partial charge in [0.2, 0.25) is 0 Å². The summed E-state index contributed by atoms with van der Waals surface area (Å²) in [5, 5.41) is 6.99. The minimum Gasteiger partial charge on any atom is -0.301 e. The average molecular weight is 197 g/mol. The Morgan fingerprint density at radius 3 is 2.77 bits per heavy atom.